The Kier molecular flexibility index (Phi) is 4.83. The second kappa shape index (κ2) is 7.42. The van der Waals surface area contributed by atoms with E-state index in [1.165, 1.54) is 11.3 Å². The van der Waals surface area contributed by atoms with Crippen molar-refractivity contribution in [3.8, 4) is 11.5 Å². The summed E-state index contributed by atoms with van der Waals surface area (Å²) in [5.41, 5.74) is 0.626. The van der Waals surface area contributed by atoms with Gasteiger partial charge in [-0.05, 0) is 35.0 Å². The number of hydrogen-bond donors (Lipinski definition) is 1. The van der Waals surface area contributed by atoms with E-state index in [-0.39, 0.29) is 12.5 Å². The van der Waals surface area contributed by atoms with Crippen molar-refractivity contribution in [1.82, 2.24) is 4.98 Å². The second-order valence-corrected chi connectivity index (χ2v) is 7.20. The Morgan fingerprint density at radius 2 is 1.96 bits per heavy atom. The van der Waals surface area contributed by atoms with Gasteiger partial charge in [0.15, 0.2) is 11.7 Å². The maximum Gasteiger partial charge on any atom is 0.264 e. The first-order valence-corrected chi connectivity index (χ1v) is 9.38. The first kappa shape index (κ1) is 17.6. The van der Waals surface area contributed by atoms with E-state index in [1.807, 2.05) is 42.5 Å². The van der Waals surface area contributed by atoms with E-state index in [0.717, 1.165) is 15.5 Å². The van der Waals surface area contributed by atoms with Crippen LogP contribution < -0.4 is 14.8 Å². The number of carbonyl (C=O) groups is 1. The van der Waals surface area contributed by atoms with Crippen LogP contribution in [0, 0.1) is 0 Å². The summed E-state index contributed by atoms with van der Waals surface area (Å²) in [7, 11) is 1.57. The van der Waals surface area contributed by atoms with E-state index in [0.29, 0.717) is 27.2 Å². The van der Waals surface area contributed by atoms with Crippen LogP contribution in [0.2, 0.25) is 5.02 Å². The van der Waals surface area contributed by atoms with Gasteiger partial charge in [-0.1, -0.05) is 53.3 Å². The first-order chi connectivity index (χ1) is 13.1. The molecule has 1 N–H and O–H groups in total. The number of carbonyl (C=O) groups excluding carboxylic acids is 1. The lowest BCUT2D eigenvalue weighted by Crippen LogP contribution is -2.19. The van der Waals surface area contributed by atoms with Gasteiger partial charge in [0.2, 0.25) is 0 Å². The fraction of sp³-hybridized carbons (Fsp3) is 0.100. The van der Waals surface area contributed by atoms with Gasteiger partial charge < -0.3 is 9.47 Å². The van der Waals surface area contributed by atoms with E-state index in [9.17, 15) is 4.79 Å². The normalized spacial score (nSPS) is 10.9. The van der Waals surface area contributed by atoms with Crippen LogP contribution in [0.1, 0.15) is 0 Å². The fourth-order valence-electron chi connectivity index (χ4n) is 2.73. The minimum atomic E-state index is -0.294. The summed E-state index contributed by atoms with van der Waals surface area (Å²) >= 11 is 7.50. The lowest BCUT2D eigenvalue weighted by Gasteiger charge is -2.07. The molecule has 0 saturated heterocycles. The number of ether oxygens (including phenoxy) is 2. The summed E-state index contributed by atoms with van der Waals surface area (Å²) in [5, 5.41) is 5.94. The Morgan fingerprint density at radius 1 is 1.15 bits per heavy atom. The summed E-state index contributed by atoms with van der Waals surface area (Å²) in [6.07, 6.45) is 0. The number of nitrogens with zero attached hydrogens (tertiary/aromatic N) is 1. The molecule has 0 atom stereocenters. The van der Waals surface area contributed by atoms with Crippen molar-refractivity contribution in [3.05, 3.63) is 59.6 Å². The maximum atomic E-state index is 12.2. The predicted molar refractivity (Wildman–Crippen MR) is 109 cm³/mol. The number of halogens is 1. The molecular weight excluding hydrogens is 384 g/mol. The number of aromatic nitrogens is 1. The van der Waals surface area contributed by atoms with Gasteiger partial charge in [-0.15, -0.1) is 0 Å². The first-order valence-electron chi connectivity index (χ1n) is 8.18. The summed E-state index contributed by atoms with van der Waals surface area (Å²) in [4.78, 5) is 16.6. The van der Waals surface area contributed by atoms with Crippen molar-refractivity contribution >= 4 is 55.0 Å². The summed E-state index contributed by atoms with van der Waals surface area (Å²) in [5.74, 6) is 0.953. The van der Waals surface area contributed by atoms with Gasteiger partial charge in [-0.25, -0.2) is 4.98 Å². The van der Waals surface area contributed by atoms with E-state index in [1.54, 1.807) is 19.2 Å². The summed E-state index contributed by atoms with van der Waals surface area (Å²) in [6.45, 7) is -0.112. The number of amides is 1. The lowest BCUT2D eigenvalue weighted by atomic mass is 10.1. The molecule has 4 rings (SSSR count). The van der Waals surface area contributed by atoms with Crippen LogP contribution in [0.3, 0.4) is 0 Å². The van der Waals surface area contributed by atoms with Crippen LogP contribution in [-0.2, 0) is 4.79 Å². The van der Waals surface area contributed by atoms with Gasteiger partial charge in [-0.3, -0.25) is 10.1 Å². The molecule has 27 heavy (non-hydrogen) atoms. The fourth-order valence-corrected chi connectivity index (χ4v) is 3.90. The van der Waals surface area contributed by atoms with Crippen molar-refractivity contribution in [2.45, 2.75) is 0 Å². The van der Waals surface area contributed by atoms with Gasteiger partial charge in [0.25, 0.3) is 5.91 Å². The van der Waals surface area contributed by atoms with Crippen LogP contribution in [0.4, 0.5) is 5.13 Å². The molecule has 0 unspecified atom stereocenters. The standard InChI is InChI=1S/C20H15ClN2O3S/c1-25-16-9-8-15(21)19-18(16)23-20(27-19)22-17(24)11-26-14-7-6-12-4-2-3-5-13(12)10-14/h2-10H,11H2,1H3,(H,22,23,24). The molecule has 1 aromatic heterocycles. The summed E-state index contributed by atoms with van der Waals surface area (Å²) in [6, 6.07) is 17.2. The highest BCUT2D eigenvalue weighted by Gasteiger charge is 2.14. The molecule has 0 bridgehead atoms. The van der Waals surface area contributed by atoms with Crippen LogP contribution in [-0.4, -0.2) is 24.6 Å². The Labute approximate surface area is 164 Å². The van der Waals surface area contributed by atoms with Crippen molar-refractivity contribution in [2.24, 2.45) is 0 Å². The van der Waals surface area contributed by atoms with E-state index in [4.69, 9.17) is 21.1 Å². The predicted octanol–water partition coefficient (Wildman–Crippen LogP) is 5.13. The average molecular weight is 399 g/mol. The quantitative estimate of drug-likeness (QED) is 0.506. The molecule has 4 aromatic rings. The molecule has 1 amide bonds. The van der Waals surface area contributed by atoms with Crippen molar-refractivity contribution < 1.29 is 14.3 Å². The summed E-state index contributed by atoms with van der Waals surface area (Å²) < 4.78 is 11.7. The molecule has 0 radical (unpaired) electrons. The van der Waals surface area contributed by atoms with Gasteiger partial charge in [0.05, 0.1) is 16.8 Å². The van der Waals surface area contributed by atoms with Crippen molar-refractivity contribution in [3.63, 3.8) is 0 Å². The zero-order valence-electron chi connectivity index (χ0n) is 14.4. The molecule has 0 spiro atoms. The van der Waals surface area contributed by atoms with Gasteiger partial charge in [-0.2, -0.15) is 0 Å². The molecule has 7 heteroatoms. The van der Waals surface area contributed by atoms with Gasteiger partial charge in [0.1, 0.15) is 17.0 Å². The van der Waals surface area contributed by atoms with E-state index >= 15 is 0 Å². The topological polar surface area (TPSA) is 60.5 Å². The number of nitrogens with one attached hydrogen (secondary N) is 1. The lowest BCUT2D eigenvalue weighted by molar-refractivity contribution is -0.118. The Morgan fingerprint density at radius 3 is 2.78 bits per heavy atom. The Balaban J connectivity index is 1.46. The van der Waals surface area contributed by atoms with Gasteiger partial charge >= 0.3 is 0 Å². The van der Waals surface area contributed by atoms with Crippen molar-refractivity contribution in [1.29, 1.82) is 0 Å². The molecule has 0 aliphatic carbocycles. The zero-order valence-corrected chi connectivity index (χ0v) is 15.9. The van der Waals surface area contributed by atoms with Crippen LogP contribution >= 0.6 is 22.9 Å². The number of rotatable bonds is 5. The minimum absolute atomic E-state index is 0.112. The Hall–Kier alpha value is -2.83. The third-order valence-electron chi connectivity index (χ3n) is 4.02. The zero-order chi connectivity index (χ0) is 18.8. The third kappa shape index (κ3) is 3.67. The molecule has 136 valence electrons. The van der Waals surface area contributed by atoms with E-state index < -0.39 is 0 Å². The third-order valence-corrected chi connectivity index (χ3v) is 5.45. The van der Waals surface area contributed by atoms with Crippen LogP contribution in [0.15, 0.2) is 54.6 Å². The molecule has 0 aliphatic heterocycles. The molecule has 0 fully saturated rings. The highest BCUT2D eigenvalue weighted by Crippen LogP contribution is 2.37. The highest BCUT2D eigenvalue weighted by molar-refractivity contribution is 7.23. The SMILES string of the molecule is COc1ccc(Cl)c2sc(NC(=O)COc3ccc4ccccc4c3)nc12. The number of thiazole rings is 1. The number of fused-ring (bicyclic) bond motifs is 2. The maximum absolute atomic E-state index is 12.2. The molecular formula is C20H15ClN2O3S. The molecule has 0 saturated carbocycles. The number of hydrogen-bond acceptors (Lipinski definition) is 5. The highest BCUT2D eigenvalue weighted by atomic mass is 35.5. The second-order valence-electron chi connectivity index (χ2n) is 5.79. The smallest absolute Gasteiger partial charge is 0.264 e. The van der Waals surface area contributed by atoms with Crippen LogP contribution in [0.5, 0.6) is 11.5 Å². The average Bonchev–Trinajstić information content (AvgIpc) is 3.11. The number of benzene rings is 3. The van der Waals surface area contributed by atoms with Crippen molar-refractivity contribution in [2.75, 3.05) is 19.0 Å². The Bertz CT molecular complexity index is 1140. The molecule has 0 aliphatic rings. The van der Waals surface area contributed by atoms with E-state index in [2.05, 4.69) is 10.3 Å². The molecule has 1 heterocycles. The van der Waals surface area contributed by atoms with Gasteiger partial charge in [0, 0.05) is 0 Å². The van der Waals surface area contributed by atoms with Crippen LogP contribution in [0.25, 0.3) is 21.0 Å². The largest absolute Gasteiger partial charge is 0.494 e. The minimum Gasteiger partial charge on any atom is -0.494 e. The number of anilines is 1. The monoisotopic (exact) mass is 398 g/mol. The molecule has 5 nitrogen and oxygen atoms in total. The molecule has 3 aromatic carbocycles. The number of methoxy groups -OCH3 is 1.